The molecule has 0 aliphatic carbocycles. The molecule has 0 N–H and O–H groups in total. The standard InChI is InChI=1S/C10H20N2.4CO.W/c1-9(2,3)11-7-8-12-10(4,5)6;4*1-2;/h7-8H,1-6H3;;;;;. The first-order chi connectivity index (χ1) is 9.21. The first kappa shape index (κ1) is 36.8. The Morgan fingerprint density at radius 2 is 0.714 bits per heavy atom. The Balaban J connectivity index is -0.0000000537. The second-order valence-electron chi connectivity index (χ2n) is 4.90. The van der Waals surface area contributed by atoms with Crippen molar-refractivity contribution in [3.63, 3.8) is 0 Å². The number of hydrogen-bond donors (Lipinski definition) is 0. The number of hydrogen-bond acceptors (Lipinski definition) is 2. The summed E-state index contributed by atoms with van der Waals surface area (Å²) in [5.74, 6) is 0. The van der Waals surface area contributed by atoms with Crippen molar-refractivity contribution < 1.29 is 39.7 Å². The minimum atomic E-state index is 0. The predicted octanol–water partition coefficient (Wildman–Crippen LogP) is 2.57. The molecule has 0 aromatic rings. The largest absolute Gasteiger partial charge is 0 e. The smallest absolute Gasteiger partial charge is 0 e. The summed E-state index contributed by atoms with van der Waals surface area (Å²) in [4.78, 5) is 8.57. The minimum Gasteiger partial charge on any atom is 0 e. The van der Waals surface area contributed by atoms with Gasteiger partial charge in [-0.15, -0.1) is 0 Å². The van der Waals surface area contributed by atoms with Crippen LogP contribution in [0, 0.1) is 26.6 Å². The van der Waals surface area contributed by atoms with Crippen molar-refractivity contribution in [1.82, 2.24) is 0 Å². The van der Waals surface area contributed by atoms with Crippen molar-refractivity contribution in [3.8, 4) is 0 Å². The molecule has 0 rings (SSSR count). The second kappa shape index (κ2) is 27.4. The summed E-state index contributed by atoms with van der Waals surface area (Å²) in [5.41, 5.74) is 0.00775. The molecule has 0 fully saturated rings. The van der Waals surface area contributed by atoms with Gasteiger partial charge in [0.05, 0.1) is 11.1 Å². The molecule has 7 heteroatoms. The van der Waals surface area contributed by atoms with Gasteiger partial charge in [0.15, 0.2) is 0 Å². The van der Waals surface area contributed by atoms with Crippen LogP contribution in [0.1, 0.15) is 41.5 Å². The maximum Gasteiger partial charge on any atom is 0 e. The molecule has 0 saturated carbocycles. The van der Waals surface area contributed by atoms with Gasteiger partial charge in [0.2, 0.25) is 0 Å². The first-order valence-corrected chi connectivity index (χ1v) is 5.11. The van der Waals surface area contributed by atoms with Gasteiger partial charge in [0.1, 0.15) is 0 Å². The van der Waals surface area contributed by atoms with E-state index in [2.05, 4.69) is 78.1 Å². The molecule has 21 heavy (non-hydrogen) atoms. The summed E-state index contributed by atoms with van der Waals surface area (Å²) in [5, 5.41) is 0. The molecule has 0 saturated heterocycles. The van der Waals surface area contributed by atoms with E-state index < -0.39 is 0 Å². The van der Waals surface area contributed by atoms with Crippen molar-refractivity contribution in [2.24, 2.45) is 9.98 Å². The van der Waals surface area contributed by atoms with E-state index in [-0.39, 0.29) is 32.1 Å². The predicted molar refractivity (Wildman–Crippen MR) is 72.2 cm³/mol. The molecule has 0 heterocycles. The van der Waals surface area contributed by atoms with Crippen LogP contribution in [0.4, 0.5) is 0 Å². The van der Waals surface area contributed by atoms with Crippen LogP contribution >= 0.6 is 0 Å². The molecule has 0 aliphatic heterocycles. The van der Waals surface area contributed by atoms with Gasteiger partial charge in [-0.25, -0.2) is 0 Å². The van der Waals surface area contributed by atoms with Gasteiger partial charge in [-0.3, -0.25) is 9.98 Å². The molecule has 0 radical (unpaired) electrons. The molecule has 0 spiro atoms. The topological polar surface area (TPSA) is 104 Å². The molecular formula is C14H20N2O4W. The third-order valence-electron chi connectivity index (χ3n) is 0.990. The zero-order chi connectivity index (χ0) is 17.8. The number of nitrogens with zero attached hydrogens (tertiary/aromatic N) is 2. The quantitative estimate of drug-likeness (QED) is 0.324. The Hall–Kier alpha value is -1.01. The second-order valence-corrected chi connectivity index (χ2v) is 4.90. The molecule has 0 aromatic heterocycles. The molecular weight excluding hydrogens is 444 g/mol. The van der Waals surface area contributed by atoms with E-state index in [4.69, 9.17) is 18.6 Å². The van der Waals surface area contributed by atoms with E-state index in [0.717, 1.165) is 0 Å². The van der Waals surface area contributed by atoms with Gasteiger partial charge in [0, 0.05) is 33.5 Å². The number of aliphatic imine (C=N–C) groups is 2. The van der Waals surface area contributed by atoms with E-state index in [1.165, 1.54) is 0 Å². The molecule has 116 valence electrons. The third-order valence-corrected chi connectivity index (χ3v) is 0.990. The fourth-order valence-electron chi connectivity index (χ4n) is 0.514. The third kappa shape index (κ3) is 85.9. The molecule has 0 aromatic carbocycles. The Morgan fingerprint density at radius 3 is 0.810 bits per heavy atom. The van der Waals surface area contributed by atoms with Gasteiger partial charge >= 0.3 is 45.2 Å². The van der Waals surface area contributed by atoms with Crippen LogP contribution in [-0.4, -0.2) is 23.5 Å². The van der Waals surface area contributed by atoms with Gasteiger partial charge in [0.25, 0.3) is 0 Å². The zero-order valence-corrected chi connectivity index (χ0v) is 16.0. The average Bonchev–Trinajstić information content (AvgIpc) is 2.42. The maximum absolute atomic E-state index is 7.50. The summed E-state index contributed by atoms with van der Waals surface area (Å²) < 4.78 is 30.0. The van der Waals surface area contributed by atoms with E-state index in [0.29, 0.717) is 0 Å². The Bertz CT molecular complexity index is 283. The minimum absolute atomic E-state index is 0. The van der Waals surface area contributed by atoms with Crippen LogP contribution in [0.2, 0.25) is 0 Å². The van der Waals surface area contributed by atoms with Crippen LogP contribution in [0.15, 0.2) is 9.98 Å². The van der Waals surface area contributed by atoms with Crippen molar-refractivity contribution in [1.29, 1.82) is 0 Å². The van der Waals surface area contributed by atoms with Gasteiger partial charge in [-0.05, 0) is 41.5 Å². The van der Waals surface area contributed by atoms with Gasteiger partial charge in [-0.2, -0.15) is 0 Å². The van der Waals surface area contributed by atoms with Crippen molar-refractivity contribution in [2.45, 2.75) is 52.6 Å². The molecule has 0 amide bonds. The monoisotopic (exact) mass is 464 g/mol. The Labute approximate surface area is 141 Å². The van der Waals surface area contributed by atoms with Crippen molar-refractivity contribution in [3.05, 3.63) is 26.6 Å². The van der Waals surface area contributed by atoms with Gasteiger partial charge < -0.3 is 0 Å². The van der Waals surface area contributed by atoms with Crippen LogP contribution in [0.3, 0.4) is 0 Å². The molecule has 0 atom stereocenters. The summed E-state index contributed by atoms with van der Waals surface area (Å²) in [6.45, 7) is 30.4. The zero-order valence-electron chi connectivity index (χ0n) is 13.1. The van der Waals surface area contributed by atoms with E-state index in [9.17, 15) is 0 Å². The first-order valence-electron chi connectivity index (χ1n) is 5.11. The van der Waals surface area contributed by atoms with E-state index in [1.54, 1.807) is 12.4 Å². The number of rotatable bonds is 1. The molecule has 0 aliphatic rings. The van der Waals surface area contributed by atoms with E-state index >= 15 is 0 Å². The molecule has 0 bridgehead atoms. The molecule has 0 unspecified atom stereocenters. The fraction of sp³-hybridized carbons (Fsp3) is 0.571. The van der Waals surface area contributed by atoms with Crippen LogP contribution < -0.4 is 0 Å². The Kier molecular flexibility index (Phi) is 48.0. The Morgan fingerprint density at radius 1 is 0.571 bits per heavy atom. The van der Waals surface area contributed by atoms with Crippen LogP contribution in [0.25, 0.3) is 0 Å². The van der Waals surface area contributed by atoms with Gasteiger partial charge in [-0.1, -0.05) is 0 Å². The van der Waals surface area contributed by atoms with Crippen molar-refractivity contribution >= 4 is 12.4 Å². The summed E-state index contributed by atoms with van der Waals surface area (Å²) in [6.07, 6.45) is 3.54. The van der Waals surface area contributed by atoms with E-state index in [1.807, 2.05) is 0 Å². The maximum atomic E-state index is 7.50. The molecule has 6 nitrogen and oxygen atoms in total. The SMILES string of the molecule is CC(C)(C)N=CC=NC(C)(C)C.[C-]#[O+].[C-]#[O+].[C-]#[O+].[C-]#[O+].[W]. The average molecular weight is 464 g/mol. The normalized spacial score (nSPS) is 8.86. The summed E-state index contributed by atoms with van der Waals surface area (Å²) >= 11 is 0. The van der Waals surface area contributed by atoms with Crippen molar-refractivity contribution in [2.75, 3.05) is 0 Å². The summed E-state index contributed by atoms with van der Waals surface area (Å²) in [7, 11) is 0. The fourth-order valence-corrected chi connectivity index (χ4v) is 0.514. The summed E-state index contributed by atoms with van der Waals surface area (Å²) in [6, 6.07) is 0. The van der Waals surface area contributed by atoms with Crippen LogP contribution in [0.5, 0.6) is 0 Å². The van der Waals surface area contributed by atoms with Crippen LogP contribution in [-0.2, 0) is 39.7 Å².